The maximum atomic E-state index is 11.3. The molecule has 0 bridgehead atoms. The van der Waals surface area contributed by atoms with Gasteiger partial charge < -0.3 is 21.1 Å². The highest BCUT2D eigenvalue weighted by molar-refractivity contribution is 5.57. The third-order valence-electron chi connectivity index (χ3n) is 5.05. The summed E-state index contributed by atoms with van der Waals surface area (Å²) in [7, 11) is 1.61. The first-order valence-electron chi connectivity index (χ1n) is 9.43. The zero-order valence-corrected chi connectivity index (χ0v) is 15.9. The minimum atomic E-state index is -0.469. The Morgan fingerprint density at radius 2 is 2.00 bits per heavy atom. The number of methoxy groups -OCH3 is 1. The van der Waals surface area contributed by atoms with Crippen molar-refractivity contribution in [2.24, 2.45) is 11.7 Å². The van der Waals surface area contributed by atoms with Crippen LogP contribution in [0, 0.1) is 16.0 Å². The molecule has 9 heteroatoms. The van der Waals surface area contributed by atoms with Gasteiger partial charge in [-0.25, -0.2) is 4.98 Å². The van der Waals surface area contributed by atoms with Gasteiger partial charge in [0, 0.05) is 24.7 Å². The Kier molecular flexibility index (Phi) is 6.59. The first kappa shape index (κ1) is 19.8. The van der Waals surface area contributed by atoms with E-state index in [1.807, 2.05) is 24.3 Å². The molecule has 3 rings (SSSR count). The van der Waals surface area contributed by atoms with Gasteiger partial charge in [-0.2, -0.15) is 4.98 Å². The second-order valence-electron chi connectivity index (χ2n) is 7.01. The van der Waals surface area contributed by atoms with E-state index < -0.39 is 4.92 Å². The van der Waals surface area contributed by atoms with Crippen LogP contribution in [0.15, 0.2) is 30.5 Å². The lowest BCUT2D eigenvalue weighted by atomic mass is 9.86. The van der Waals surface area contributed by atoms with Crippen LogP contribution in [-0.4, -0.2) is 34.6 Å². The third kappa shape index (κ3) is 5.07. The Labute approximate surface area is 163 Å². The molecule has 0 radical (unpaired) electrons. The Bertz CT molecular complexity index is 808. The van der Waals surface area contributed by atoms with Crippen molar-refractivity contribution in [2.75, 3.05) is 24.3 Å². The van der Waals surface area contributed by atoms with Crippen LogP contribution < -0.4 is 21.1 Å². The number of anilines is 2. The van der Waals surface area contributed by atoms with Crippen LogP contribution in [0.3, 0.4) is 0 Å². The Hall–Kier alpha value is -2.94. The highest BCUT2D eigenvalue weighted by Crippen LogP contribution is 2.27. The van der Waals surface area contributed by atoms with E-state index in [-0.39, 0.29) is 17.5 Å². The number of nitrogens with two attached hydrogens (primary N) is 1. The minimum absolute atomic E-state index is 0.129. The van der Waals surface area contributed by atoms with E-state index in [4.69, 9.17) is 10.5 Å². The molecule has 1 saturated carbocycles. The molecule has 9 nitrogen and oxygen atoms in total. The average molecular weight is 386 g/mol. The molecule has 28 heavy (non-hydrogen) atoms. The third-order valence-corrected chi connectivity index (χ3v) is 5.05. The molecular formula is C19H26N6O3. The number of rotatable bonds is 8. The average Bonchev–Trinajstić information content (AvgIpc) is 2.72. The summed E-state index contributed by atoms with van der Waals surface area (Å²) < 4.78 is 5.33. The van der Waals surface area contributed by atoms with Crippen molar-refractivity contribution < 1.29 is 9.66 Å². The maximum absolute atomic E-state index is 11.3. The summed E-state index contributed by atoms with van der Waals surface area (Å²) >= 11 is 0. The molecule has 0 saturated heterocycles. The van der Waals surface area contributed by atoms with Crippen LogP contribution in [0.4, 0.5) is 17.5 Å². The molecule has 1 fully saturated rings. The van der Waals surface area contributed by atoms with Gasteiger partial charge in [-0.1, -0.05) is 18.2 Å². The van der Waals surface area contributed by atoms with E-state index >= 15 is 0 Å². The van der Waals surface area contributed by atoms with Crippen molar-refractivity contribution in [3.63, 3.8) is 0 Å². The molecule has 0 unspecified atom stereocenters. The van der Waals surface area contributed by atoms with Crippen LogP contribution >= 0.6 is 0 Å². The van der Waals surface area contributed by atoms with Crippen LogP contribution in [0.2, 0.25) is 0 Å². The van der Waals surface area contributed by atoms with Crippen LogP contribution in [0.5, 0.6) is 5.75 Å². The van der Waals surface area contributed by atoms with E-state index in [1.54, 1.807) is 7.11 Å². The molecule has 0 atom stereocenters. The SMILES string of the molecule is COc1ccccc1CNc1ncc([N+](=O)[O-])c(NCC2CCC(N)CC2)n1. The number of nitrogens with zero attached hydrogens (tertiary/aromatic N) is 3. The molecule has 1 aliphatic rings. The van der Waals surface area contributed by atoms with Crippen molar-refractivity contribution >= 4 is 17.5 Å². The van der Waals surface area contributed by atoms with Gasteiger partial charge in [0.25, 0.3) is 0 Å². The van der Waals surface area contributed by atoms with Gasteiger partial charge in [0.15, 0.2) is 0 Å². The van der Waals surface area contributed by atoms with E-state index in [2.05, 4.69) is 20.6 Å². The summed E-state index contributed by atoms with van der Waals surface area (Å²) in [6.07, 6.45) is 5.25. The number of nitrogens with one attached hydrogen (secondary N) is 2. The monoisotopic (exact) mass is 386 g/mol. The molecule has 4 N–H and O–H groups in total. The molecule has 1 aliphatic carbocycles. The molecule has 1 aromatic carbocycles. The van der Waals surface area contributed by atoms with Crippen molar-refractivity contribution in [2.45, 2.75) is 38.3 Å². The van der Waals surface area contributed by atoms with E-state index in [9.17, 15) is 10.1 Å². The summed E-state index contributed by atoms with van der Waals surface area (Å²) in [5.41, 5.74) is 6.76. The fourth-order valence-electron chi connectivity index (χ4n) is 3.38. The molecular weight excluding hydrogens is 360 g/mol. The standard InChI is InChI=1S/C19H26N6O3/c1-28-17-5-3-2-4-14(17)11-22-19-23-12-16(25(26)27)18(24-19)21-10-13-6-8-15(20)9-7-13/h2-5,12-13,15H,6-11,20H2,1H3,(H2,21,22,23,24). The van der Waals surface area contributed by atoms with Gasteiger partial charge in [-0.3, -0.25) is 10.1 Å². The molecule has 1 aromatic heterocycles. The Balaban J connectivity index is 1.67. The second-order valence-corrected chi connectivity index (χ2v) is 7.01. The van der Waals surface area contributed by atoms with Crippen LogP contribution in [0.1, 0.15) is 31.2 Å². The fourth-order valence-corrected chi connectivity index (χ4v) is 3.38. The molecule has 150 valence electrons. The molecule has 0 amide bonds. The lowest BCUT2D eigenvalue weighted by Crippen LogP contribution is -2.29. The lowest BCUT2D eigenvalue weighted by molar-refractivity contribution is -0.384. The number of hydrogen-bond donors (Lipinski definition) is 3. The quantitative estimate of drug-likeness (QED) is 0.467. The van der Waals surface area contributed by atoms with Crippen molar-refractivity contribution in [1.29, 1.82) is 0 Å². The first-order chi connectivity index (χ1) is 13.6. The number of para-hydroxylation sites is 1. The summed E-state index contributed by atoms with van der Waals surface area (Å²) in [6.45, 7) is 1.08. The van der Waals surface area contributed by atoms with E-state index in [1.165, 1.54) is 6.20 Å². The number of aromatic nitrogens is 2. The summed E-state index contributed by atoms with van der Waals surface area (Å²) in [6, 6.07) is 7.89. The summed E-state index contributed by atoms with van der Waals surface area (Å²) in [5, 5.41) is 17.6. The van der Waals surface area contributed by atoms with Crippen LogP contribution in [-0.2, 0) is 6.54 Å². The number of hydrogen-bond acceptors (Lipinski definition) is 8. The van der Waals surface area contributed by atoms with Crippen molar-refractivity contribution in [3.8, 4) is 5.75 Å². The van der Waals surface area contributed by atoms with Crippen molar-refractivity contribution in [1.82, 2.24) is 9.97 Å². The lowest BCUT2D eigenvalue weighted by Gasteiger charge is -2.26. The zero-order valence-electron chi connectivity index (χ0n) is 15.9. The predicted molar refractivity (Wildman–Crippen MR) is 107 cm³/mol. The van der Waals surface area contributed by atoms with E-state index in [0.717, 1.165) is 37.0 Å². The van der Waals surface area contributed by atoms with Gasteiger partial charge in [0.05, 0.1) is 12.0 Å². The van der Waals surface area contributed by atoms with Gasteiger partial charge >= 0.3 is 5.69 Å². The number of nitro groups is 1. The first-order valence-corrected chi connectivity index (χ1v) is 9.43. The fraction of sp³-hybridized carbons (Fsp3) is 0.474. The maximum Gasteiger partial charge on any atom is 0.329 e. The van der Waals surface area contributed by atoms with Crippen molar-refractivity contribution in [3.05, 3.63) is 46.1 Å². The Morgan fingerprint density at radius 3 is 2.71 bits per heavy atom. The smallest absolute Gasteiger partial charge is 0.329 e. The van der Waals surface area contributed by atoms with Gasteiger partial charge in [-0.15, -0.1) is 0 Å². The highest BCUT2D eigenvalue weighted by Gasteiger charge is 2.21. The molecule has 2 aromatic rings. The van der Waals surface area contributed by atoms with Gasteiger partial charge in [0.2, 0.25) is 11.8 Å². The molecule has 0 aliphatic heterocycles. The largest absolute Gasteiger partial charge is 0.496 e. The van der Waals surface area contributed by atoms with Crippen LogP contribution in [0.25, 0.3) is 0 Å². The topological polar surface area (TPSA) is 128 Å². The zero-order chi connectivity index (χ0) is 19.9. The second kappa shape index (κ2) is 9.32. The summed E-state index contributed by atoms with van der Waals surface area (Å²) in [5.74, 6) is 1.76. The summed E-state index contributed by atoms with van der Waals surface area (Å²) in [4.78, 5) is 19.3. The normalized spacial score (nSPS) is 19.1. The highest BCUT2D eigenvalue weighted by atomic mass is 16.6. The Morgan fingerprint density at radius 1 is 1.25 bits per heavy atom. The molecule has 1 heterocycles. The molecule has 0 spiro atoms. The van der Waals surface area contributed by atoms with Gasteiger partial charge in [-0.05, 0) is 37.7 Å². The predicted octanol–water partition coefficient (Wildman–Crippen LogP) is 2.93. The van der Waals surface area contributed by atoms with E-state index in [0.29, 0.717) is 25.0 Å². The number of ether oxygens (including phenoxy) is 1. The minimum Gasteiger partial charge on any atom is -0.496 e. The number of benzene rings is 1. The van der Waals surface area contributed by atoms with Gasteiger partial charge in [0.1, 0.15) is 11.9 Å².